The van der Waals surface area contributed by atoms with Crippen molar-refractivity contribution in [2.45, 2.75) is 12.8 Å². The molecule has 9 heteroatoms. The number of carbonyl (C=O) groups is 1. The number of carbonyl (C=O) groups excluding carboxylic acids is 1. The van der Waals surface area contributed by atoms with Crippen molar-refractivity contribution in [1.29, 1.82) is 0 Å². The van der Waals surface area contributed by atoms with Crippen LogP contribution < -0.4 is 10.1 Å². The molecule has 0 bridgehead atoms. The summed E-state index contributed by atoms with van der Waals surface area (Å²) in [6, 6.07) is 8.34. The Morgan fingerprint density at radius 2 is 1.94 bits per heavy atom. The predicted octanol–water partition coefficient (Wildman–Crippen LogP) is 4.85. The number of ether oxygens (including phenoxy) is 1. The second-order valence-corrected chi connectivity index (χ2v) is 8.51. The summed E-state index contributed by atoms with van der Waals surface area (Å²) in [5.74, 6) is -1.94. The van der Waals surface area contributed by atoms with Gasteiger partial charge < -0.3 is 10.1 Å². The van der Waals surface area contributed by atoms with Crippen LogP contribution >= 0.6 is 15.9 Å². The summed E-state index contributed by atoms with van der Waals surface area (Å²) in [5, 5.41) is 7.01. The Bertz CT molecular complexity index is 1110. The molecule has 1 amide bonds. The first-order chi connectivity index (χ1) is 15.4. The van der Waals surface area contributed by atoms with E-state index in [1.54, 1.807) is 29.1 Å². The Hall–Kier alpha value is -2.78. The van der Waals surface area contributed by atoms with Crippen LogP contribution in [0.4, 0.5) is 14.5 Å². The molecule has 1 fully saturated rings. The Labute approximate surface area is 193 Å². The van der Waals surface area contributed by atoms with Crippen LogP contribution in [0.3, 0.4) is 0 Å². The second kappa shape index (κ2) is 9.79. The lowest BCUT2D eigenvalue weighted by Gasteiger charge is -2.18. The standard InChI is InChI=1S/C23H23BrF2N4O2/c1-29-22(18(24)14-27-29)17-13-16(28-23(31)15-4-6-19(25)20(26)12-15)5-7-21(17)32-11-10-30-8-2-3-9-30/h4-7,12-14H,2-3,8-11H2,1H3,(H,28,31). The van der Waals surface area contributed by atoms with Gasteiger partial charge in [-0.25, -0.2) is 8.78 Å². The lowest BCUT2D eigenvalue weighted by Crippen LogP contribution is -2.25. The Kier molecular flexibility index (Phi) is 6.86. The zero-order valence-electron chi connectivity index (χ0n) is 17.6. The van der Waals surface area contributed by atoms with E-state index >= 15 is 0 Å². The molecule has 1 aliphatic rings. The molecule has 1 N–H and O–H groups in total. The van der Waals surface area contributed by atoms with Crippen LogP contribution in [0.2, 0.25) is 0 Å². The summed E-state index contributed by atoms with van der Waals surface area (Å²) in [7, 11) is 1.82. The molecule has 0 atom stereocenters. The molecule has 0 spiro atoms. The largest absolute Gasteiger partial charge is 0.492 e. The summed E-state index contributed by atoms with van der Waals surface area (Å²) >= 11 is 3.53. The maximum absolute atomic E-state index is 13.5. The van der Waals surface area contributed by atoms with E-state index in [0.717, 1.165) is 47.5 Å². The number of nitrogens with one attached hydrogen (secondary N) is 1. The first kappa shape index (κ1) is 22.4. The maximum Gasteiger partial charge on any atom is 0.255 e. The number of aryl methyl sites for hydroxylation is 1. The van der Waals surface area contributed by atoms with Crippen LogP contribution in [0.15, 0.2) is 47.1 Å². The lowest BCUT2D eigenvalue weighted by molar-refractivity contribution is 0.102. The summed E-state index contributed by atoms with van der Waals surface area (Å²) in [6.07, 6.45) is 4.13. The smallest absolute Gasteiger partial charge is 0.255 e. The highest BCUT2D eigenvalue weighted by Gasteiger charge is 2.18. The third-order valence-electron chi connectivity index (χ3n) is 5.43. The van der Waals surface area contributed by atoms with Gasteiger partial charge >= 0.3 is 0 Å². The number of likely N-dealkylation sites (tertiary alicyclic amines) is 1. The van der Waals surface area contributed by atoms with Gasteiger partial charge in [0, 0.05) is 30.4 Å². The molecule has 2 heterocycles. The number of halogens is 3. The number of hydrogen-bond acceptors (Lipinski definition) is 4. The van der Waals surface area contributed by atoms with Crippen molar-refractivity contribution in [3.63, 3.8) is 0 Å². The van der Waals surface area contributed by atoms with Crippen molar-refractivity contribution in [3.05, 3.63) is 64.3 Å². The van der Waals surface area contributed by atoms with E-state index in [0.29, 0.717) is 18.0 Å². The third-order valence-corrected chi connectivity index (χ3v) is 6.01. The lowest BCUT2D eigenvalue weighted by atomic mass is 10.1. The normalized spacial score (nSPS) is 14.0. The number of amides is 1. The van der Waals surface area contributed by atoms with Crippen molar-refractivity contribution in [2.24, 2.45) is 7.05 Å². The van der Waals surface area contributed by atoms with Crippen LogP contribution in [0.5, 0.6) is 5.75 Å². The second-order valence-electron chi connectivity index (χ2n) is 7.66. The zero-order chi connectivity index (χ0) is 22.7. The maximum atomic E-state index is 13.5. The van der Waals surface area contributed by atoms with Crippen LogP contribution in [0.25, 0.3) is 11.3 Å². The fourth-order valence-electron chi connectivity index (χ4n) is 3.76. The van der Waals surface area contributed by atoms with Crippen molar-refractivity contribution < 1.29 is 18.3 Å². The summed E-state index contributed by atoms with van der Waals surface area (Å²) in [4.78, 5) is 14.9. The SMILES string of the molecule is Cn1ncc(Br)c1-c1cc(NC(=O)c2ccc(F)c(F)c2)ccc1OCCN1CCCC1. The van der Waals surface area contributed by atoms with E-state index in [1.165, 1.54) is 18.9 Å². The molecule has 6 nitrogen and oxygen atoms in total. The molecular weight excluding hydrogens is 482 g/mol. The summed E-state index contributed by atoms with van der Waals surface area (Å²) in [6.45, 7) is 3.58. The molecule has 1 aliphatic heterocycles. The van der Waals surface area contributed by atoms with Gasteiger partial charge in [-0.05, 0) is 78.3 Å². The fraction of sp³-hybridized carbons (Fsp3) is 0.304. The van der Waals surface area contributed by atoms with Crippen molar-refractivity contribution >= 4 is 27.5 Å². The van der Waals surface area contributed by atoms with E-state index in [2.05, 4.69) is 31.2 Å². The van der Waals surface area contributed by atoms with Gasteiger partial charge in [0.15, 0.2) is 11.6 Å². The van der Waals surface area contributed by atoms with Gasteiger partial charge in [0.1, 0.15) is 12.4 Å². The Morgan fingerprint density at radius 1 is 1.16 bits per heavy atom. The van der Waals surface area contributed by atoms with E-state index < -0.39 is 17.5 Å². The highest BCUT2D eigenvalue weighted by molar-refractivity contribution is 9.10. The van der Waals surface area contributed by atoms with Crippen molar-refractivity contribution in [2.75, 3.05) is 31.6 Å². The Balaban J connectivity index is 1.57. The number of hydrogen-bond donors (Lipinski definition) is 1. The average molecular weight is 505 g/mol. The molecule has 2 aromatic carbocycles. The number of rotatable bonds is 7. The van der Waals surface area contributed by atoms with Gasteiger partial charge in [0.05, 0.1) is 16.4 Å². The highest BCUT2D eigenvalue weighted by atomic mass is 79.9. The van der Waals surface area contributed by atoms with Crippen LogP contribution in [0, 0.1) is 11.6 Å². The van der Waals surface area contributed by atoms with Gasteiger partial charge in [0.25, 0.3) is 5.91 Å². The van der Waals surface area contributed by atoms with Crippen LogP contribution in [0.1, 0.15) is 23.2 Å². The van der Waals surface area contributed by atoms with Gasteiger partial charge in [-0.3, -0.25) is 14.4 Å². The number of nitrogens with zero attached hydrogens (tertiary/aromatic N) is 3. The van der Waals surface area contributed by atoms with E-state index in [4.69, 9.17) is 4.74 Å². The fourth-order valence-corrected chi connectivity index (χ4v) is 4.33. The van der Waals surface area contributed by atoms with Gasteiger partial charge in [-0.2, -0.15) is 5.10 Å². The summed E-state index contributed by atoms with van der Waals surface area (Å²) in [5.41, 5.74) is 2.07. The minimum absolute atomic E-state index is 0.0260. The molecular formula is C23H23BrF2N4O2. The topological polar surface area (TPSA) is 59.4 Å². The minimum Gasteiger partial charge on any atom is -0.492 e. The third kappa shape index (κ3) is 4.99. The quantitative estimate of drug-likeness (QED) is 0.499. The van der Waals surface area contributed by atoms with Gasteiger partial charge in [0.2, 0.25) is 0 Å². The monoisotopic (exact) mass is 504 g/mol. The van der Waals surface area contributed by atoms with E-state index in [-0.39, 0.29) is 5.56 Å². The molecule has 4 rings (SSSR count). The van der Waals surface area contributed by atoms with Crippen LogP contribution in [-0.4, -0.2) is 46.8 Å². The van der Waals surface area contributed by atoms with Crippen molar-refractivity contribution in [1.82, 2.24) is 14.7 Å². The molecule has 0 saturated carbocycles. The summed E-state index contributed by atoms with van der Waals surface area (Å²) < 4.78 is 35.3. The van der Waals surface area contributed by atoms with Gasteiger partial charge in [-0.1, -0.05) is 0 Å². The number of aromatic nitrogens is 2. The molecule has 3 aromatic rings. The Morgan fingerprint density at radius 3 is 2.62 bits per heavy atom. The van der Waals surface area contributed by atoms with Crippen LogP contribution in [-0.2, 0) is 7.05 Å². The molecule has 0 aliphatic carbocycles. The number of benzene rings is 2. The molecule has 1 aromatic heterocycles. The minimum atomic E-state index is -1.07. The van der Waals surface area contributed by atoms with Gasteiger partial charge in [-0.15, -0.1) is 0 Å². The number of anilines is 1. The molecule has 168 valence electrons. The predicted molar refractivity (Wildman–Crippen MR) is 122 cm³/mol. The molecule has 0 radical (unpaired) electrons. The molecule has 0 unspecified atom stereocenters. The first-order valence-corrected chi connectivity index (χ1v) is 11.1. The highest BCUT2D eigenvalue weighted by Crippen LogP contribution is 2.37. The zero-order valence-corrected chi connectivity index (χ0v) is 19.2. The van der Waals surface area contributed by atoms with E-state index in [9.17, 15) is 13.6 Å². The average Bonchev–Trinajstić information content (AvgIpc) is 3.40. The first-order valence-electron chi connectivity index (χ1n) is 10.4. The molecule has 1 saturated heterocycles. The molecule has 32 heavy (non-hydrogen) atoms. The van der Waals surface area contributed by atoms with E-state index in [1.807, 2.05) is 7.05 Å². The van der Waals surface area contributed by atoms with Crippen molar-refractivity contribution in [3.8, 4) is 17.0 Å².